The van der Waals surface area contributed by atoms with Gasteiger partial charge in [-0.1, -0.05) is 47.0 Å². The first-order valence-corrected chi connectivity index (χ1v) is 15.0. The van der Waals surface area contributed by atoms with Gasteiger partial charge in [-0.15, -0.1) is 0 Å². The van der Waals surface area contributed by atoms with Gasteiger partial charge in [0.1, 0.15) is 34.3 Å². The van der Waals surface area contributed by atoms with Crippen LogP contribution in [0, 0.1) is 5.92 Å². The van der Waals surface area contributed by atoms with Crippen molar-refractivity contribution in [2.24, 2.45) is 5.92 Å². The molecule has 0 saturated carbocycles. The van der Waals surface area contributed by atoms with Crippen molar-refractivity contribution in [1.29, 1.82) is 0 Å². The number of unbranched alkanes of at least 4 members (excludes halogenated alkanes) is 3. The van der Waals surface area contributed by atoms with E-state index in [1.165, 1.54) is 6.08 Å². The summed E-state index contributed by atoms with van der Waals surface area (Å²) in [7, 11) is 0. The Morgan fingerprint density at radius 1 is 0.829 bits per heavy atom. The van der Waals surface area contributed by atoms with Crippen molar-refractivity contribution in [2.45, 2.75) is 78.7 Å². The molecule has 1 aliphatic carbocycles. The Bertz CT molecular complexity index is 1390. The summed E-state index contributed by atoms with van der Waals surface area (Å²) in [5, 5.41) is 0.311. The van der Waals surface area contributed by atoms with Gasteiger partial charge in [0, 0.05) is 23.6 Å². The standard InChI is InChI=1S/C34H42O7/c1-5-8-17-37-25-13-11-24(12-14-25)33-34(40-26-15-16-28(35)23(4)20-26)32(36)31-29(39-19-10-7-3)21-27(22-30(31)41-33)38-18-9-6-2/h11-16,21-23,26H,5-10,17-20H2,1-4H3/t23-,26+/m1/s1. The first-order valence-electron chi connectivity index (χ1n) is 15.0. The molecule has 0 saturated heterocycles. The predicted molar refractivity (Wildman–Crippen MR) is 161 cm³/mol. The van der Waals surface area contributed by atoms with Crippen LogP contribution < -0.4 is 24.4 Å². The Kier molecular flexibility index (Phi) is 10.9. The molecule has 0 bridgehead atoms. The maximum atomic E-state index is 14.2. The maximum Gasteiger partial charge on any atom is 0.239 e. The lowest BCUT2D eigenvalue weighted by molar-refractivity contribution is -0.118. The van der Waals surface area contributed by atoms with Crippen LogP contribution in [0.25, 0.3) is 22.3 Å². The van der Waals surface area contributed by atoms with Gasteiger partial charge in [0.2, 0.25) is 11.2 Å². The third-order valence-corrected chi connectivity index (χ3v) is 7.11. The van der Waals surface area contributed by atoms with Gasteiger partial charge in [-0.2, -0.15) is 0 Å². The van der Waals surface area contributed by atoms with Crippen LogP contribution in [0.3, 0.4) is 0 Å². The summed E-state index contributed by atoms with van der Waals surface area (Å²) < 4.78 is 30.7. The molecular formula is C34H42O7. The van der Waals surface area contributed by atoms with Crippen LogP contribution in [0.5, 0.6) is 23.0 Å². The minimum absolute atomic E-state index is 0.0523. The lowest BCUT2D eigenvalue weighted by atomic mass is 9.93. The van der Waals surface area contributed by atoms with E-state index in [4.69, 9.17) is 23.4 Å². The van der Waals surface area contributed by atoms with Gasteiger partial charge >= 0.3 is 0 Å². The fourth-order valence-electron chi connectivity index (χ4n) is 4.58. The van der Waals surface area contributed by atoms with Crippen molar-refractivity contribution in [3.63, 3.8) is 0 Å². The van der Waals surface area contributed by atoms with E-state index in [9.17, 15) is 9.59 Å². The molecule has 7 nitrogen and oxygen atoms in total. The van der Waals surface area contributed by atoms with Crippen LogP contribution in [0.15, 0.2) is 57.8 Å². The average Bonchev–Trinajstić information content (AvgIpc) is 2.97. The highest BCUT2D eigenvalue weighted by Crippen LogP contribution is 2.38. The molecule has 1 aliphatic rings. The normalized spacial score (nSPS) is 16.6. The Morgan fingerprint density at radius 2 is 1.46 bits per heavy atom. The van der Waals surface area contributed by atoms with Crippen molar-refractivity contribution >= 4 is 16.8 Å². The molecule has 0 aliphatic heterocycles. The minimum atomic E-state index is -0.445. The molecule has 1 aromatic heterocycles. The average molecular weight is 563 g/mol. The highest BCUT2D eigenvalue weighted by atomic mass is 16.5. The Hall–Kier alpha value is -3.74. The summed E-state index contributed by atoms with van der Waals surface area (Å²) in [5.74, 6) is 2.00. The largest absolute Gasteiger partial charge is 0.494 e. The molecule has 1 heterocycles. The van der Waals surface area contributed by atoms with Crippen molar-refractivity contribution < 1.29 is 28.2 Å². The summed E-state index contributed by atoms with van der Waals surface area (Å²) in [4.78, 5) is 26.3. The SMILES string of the molecule is CCCCOc1ccc(-c2oc3cc(OCCCC)cc(OCCCC)c3c(=O)c2O[C@H]2C=CC(=O)[C@H](C)C2)cc1. The first-order chi connectivity index (χ1) is 19.9. The zero-order valence-corrected chi connectivity index (χ0v) is 24.7. The van der Waals surface area contributed by atoms with Gasteiger partial charge < -0.3 is 23.4 Å². The number of ketones is 1. The summed E-state index contributed by atoms with van der Waals surface area (Å²) in [6.45, 7) is 9.83. The van der Waals surface area contributed by atoms with Gasteiger partial charge in [0.25, 0.3) is 0 Å². The number of fused-ring (bicyclic) bond motifs is 1. The number of hydrogen-bond donors (Lipinski definition) is 0. The quantitative estimate of drug-likeness (QED) is 0.174. The molecule has 0 N–H and O–H groups in total. The fourth-order valence-corrected chi connectivity index (χ4v) is 4.58. The van der Waals surface area contributed by atoms with Gasteiger partial charge in [0.05, 0.1) is 19.8 Å². The number of carbonyl (C=O) groups excluding carboxylic acids is 1. The zero-order chi connectivity index (χ0) is 29.2. The van der Waals surface area contributed by atoms with Gasteiger partial charge in [-0.3, -0.25) is 9.59 Å². The van der Waals surface area contributed by atoms with Crippen LogP contribution in [0.2, 0.25) is 0 Å². The summed E-state index contributed by atoms with van der Waals surface area (Å²) in [6.07, 6.45) is 9.02. The number of benzene rings is 2. The predicted octanol–water partition coefficient (Wildman–Crippen LogP) is 7.91. The van der Waals surface area contributed by atoms with Crippen molar-refractivity contribution in [3.05, 3.63) is 58.8 Å². The number of rotatable bonds is 15. The van der Waals surface area contributed by atoms with Gasteiger partial charge in [-0.25, -0.2) is 0 Å². The molecule has 7 heteroatoms. The number of carbonyl (C=O) groups is 1. The topological polar surface area (TPSA) is 84.2 Å². The van der Waals surface area contributed by atoms with Crippen LogP contribution in [0.4, 0.5) is 0 Å². The molecule has 0 spiro atoms. The molecular weight excluding hydrogens is 520 g/mol. The molecule has 220 valence electrons. The first kappa shape index (κ1) is 30.2. The molecule has 3 aromatic rings. The molecule has 4 rings (SSSR count). The monoisotopic (exact) mass is 562 g/mol. The Morgan fingerprint density at radius 3 is 2.10 bits per heavy atom. The Balaban J connectivity index is 1.83. The van der Waals surface area contributed by atoms with Crippen molar-refractivity contribution in [1.82, 2.24) is 0 Å². The van der Waals surface area contributed by atoms with E-state index in [1.54, 1.807) is 18.2 Å². The molecule has 2 atom stereocenters. The van der Waals surface area contributed by atoms with Crippen LogP contribution in [0.1, 0.15) is 72.6 Å². The van der Waals surface area contributed by atoms with E-state index < -0.39 is 6.10 Å². The van der Waals surface area contributed by atoms with E-state index in [0.29, 0.717) is 60.0 Å². The van der Waals surface area contributed by atoms with E-state index in [2.05, 4.69) is 20.8 Å². The van der Waals surface area contributed by atoms with Crippen LogP contribution in [-0.4, -0.2) is 31.7 Å². The third kappa shape index (κ3) is 7.72. The Labute approximate surface area is 242 Å². The van der Waals surface area contributed by atoms with Crippen LogP contribution >= 0.6 is 0 Å². The summed E-state index contributed by atoms with van der Waals surface area (Å²) in [6, 6.07) is 11.0. The van der Waals surface area contributed by atoms with Crippen LogP contribution in [-0.2, 0) is 4.79 Å². The molecule has 0 radical (unpaired) electrons. The number of hydrogen-bond acceptors (Lipinski definition) is 7. The minimum Gasteiger partial charge on any atom is -0.494 e. The zero-order valence-electron chi connectivity index (χ0n) is 24.7. The van der Waals surface area contributed by atoms with Gasteiger partial charge in [-0.05, 0) is 62.1 Å². The highest BCUT2D eigenvalue weighted by molar-refractivity contribution is 5.92. The number of ether oxygens (including phenoxy) is 4. The van der Waals surface area contributed by atoms with E-state index in [0.717, 1.165) is 44.3 Å². The summed E-state index contributed by atoms with van der Waals surface area (Å²) in [5.41, 5.74) is 0.717. The second-order valence-corrected chi connectivity index (χ2v) is 10.6. The molecule has 0 unspecified atom stereocenters. The maximum absolute atomic E-state index is 14.2. The second-order valence-electron chi connectivity index (χ2n) is 10.6. The highest BCUT2D eigenvalue weighted by Gasteiger charge is 2.27. The van der Waals surface area contributed by atoms with E-state index >= 15 is 0 Å². The second kappa shape index (κ2) is 14.8. The van der Waals surface area contributed by atoms with Crippen molar-refractivity contribution in [2.75, 3.05) is 19.8 Å². The lowest BCUT2D eigenvalue weighted by Gasteiger charge is -2.23. The summed E-state index contributed by atoms with van der Waals surface area (Å²) >= 11 is 0. The number of allylic oxidation sites excluding steroid dienone is 1. The smallest absolute Gasteiger partial charge is 0.239 e. The van der Waals surface area contributed by atoms with E-state index in [1.807, 2.05) is 31.2 Å². The molecule has 0 amide bonds. The molecule has 2 aromatic carbocycles. The molecule has 41 heavy (non-hydrogen) atoms. The third-order valence-electron chi connectivity index (χ3n) is 7.11. The molecule has 0 fully saturated rings. The van der Waals surface area contributed by atoms with E-state index in [-0.39, 0.29) is 22.9 Å². The fraction of sp³-hybridized carbons (Fsp3) is 0.471. The van der Waals surface area contributed by atoms with Gasteiger partial charge in [0.15, 0.2) is 11.5 Å². The van der Waals surface area contributed by atoms with Crippen molar-refractivity contribution in [3.8, 4) is 34.3 Å². The lowest BCUT2D eigenvalue weighted by Crippen LogP contribution is -2.27.